The molecule has 0 aliphatic carbocycles. The Hall–Kier alpha value is -3.75. The predicted molar refractivity (Wildman–Crippen MR) is 133 cm³/mol. The summed E-state index contributed by atoms with van der Waals surface area (Å²) in [4.78, 5) is 15.4. The van der Waals surface area contributed by atoms with Crippen molar-refractivity contribution >= 4 is 38.8 Å². The first kappa shape index (κ1) is 23.4. The number of aromatic nitrogens is 3. The van der Waals surface area contributed by atoms with Crippen molar-refractivity contribution in [2.45, 2.75) is 13.0 Å². The fourth-order valence-corrected chi connectivity index (χ4v) is 4.18. The van der Waals surface area contributed by atoms with Crippen LogP contribution in [0.5, 0.6) is 5.75 Å². The van der Waals surface area contributed by atoms with Gasteiger partial charge in [0.1, 0.15) is 23.2 Å². The zero-order valence-electron chi connectivity index (χ0n) is 19.5. The molecule has 3 heterocycles. The van der Waals surface area contributed by atoms with E-state index < -0.39 is 9.73 Å². The lowest BCUT2D eigenvalue weighted by Gasteiger charge is -2.26. The highest BCUT2D eigenvalue weighted by Crippen LogP contribution is 2.33. The third kappa shape index (κ3) is 5.59. The Morgan fingerprint density at radius 1 is 1.21 bits per heavy atom. The minimum Gasteiger partial charge on any atom is -0.495 e. The summed E-state index contributed by atoms with van der Waals surface area (Å²) in [6, 6.07) is 11.3. The number of nitrogens with one attached hydrogen (secondary N) is 2. The quantitative estimate of drug-likeness (QED) is 0.546. The van der Waals surface area contributed by atoms with Crippen molar-refractivity contribution in [3.05, 3.63) is 53.2 Å². The van der Waals surface area contributed by atoms with E-state index in [1.807, 2.05) is 6.07 Å². The molecule has 0 saturated heterocycles. The normalized spacial score (nSPS) is 13.5. The van der Waals surface area contributed by atoms with E-state index >= 15 is 0 Å². The first-order valence-electron chi connectivity index (χ1n) is 10.6. The average molecular weight is 479 g/mol. The van der Waals surface area contributed by atoms with E-state index in [4.69, 9.17) is 4.74 Å². The van der Waals surface area contributed by atoms with Crippen LogP contribution in [-0.4, -0.2) is 57.3 Å². The third-order valence-corrected chi connectivity index (χ3v) is 5.80. The van der Waals surface area contributed by atoms with E-state index in [0.29, 0.717) is 23.3 Å². The van der Waals surface area contributed by atoms with Crippen LogP contribution in [0.4, 0.5) is 29.1 Å². The van der Waals surface area contributed by atoms with Gasteiger partial charge in [-0.3, -0.25) is 0 Å². The topological polar surface area (TPSA) is 128 Å². The first-order valence-corrected chi connectivity index (χ1v) is 12.9. The molecule has 0 amide bonds. The van der Waals surface area contributed by atoms with E-state index in [1.165, 1.54) is 29.8 Å². The van der Waals surface area contributed by atoms with Gasteiger partial charge in [0.25, 0.3) is 0 Å². The van der Waals surface area contributed by atoms with Gasteiger partial charge >= 0.3 is 0 Å². The number of anilines is 4. The minimum absolute atomic E-state index is 0.253. The van der Waals surface area contributed by atoms with Gasteiger partial charge in [0.2, 0.25) is 5.95 Å². The number of fused-ring (bicyclic) bond motifs is 1. The van der Waals surface area contributed by atoms with Gasteiger partial charge in [0.15, 0.2) is 11.6 Å². The van der Waals surface area contributed by atoms with E-state index in [9.17, 15) is 9.47 Å². The van der Waals surface area contributed by atoms with Crippen molar-refractivity contribution in [2.75, 3.05) is 43.8 Å². The maximum Gasteiger partial charge on any atom is 0.229 e. The lowest BCUT2D eigenvalue weighted by Crippen LogP contribution is -2.26. The molecule has 2 aromatic heterocycles. The molecule has 1 aliphatic heterocycles. The highest BCUT2D eigenvalue weighted by atomic mass is 32.2. The zero-order valence-corrected chi connectivity index (χ0v) is 20.3. The van der Waals surface area contributed by atoms with E-state index in [-0.39, 0.29) is 11.4 Å². The van der Waals surface area contributed by atoms with E-state index in [0.717, 1.165) is 25.2 Å². The van der Waals surface area contributed by atoms with Gasteiger partial charge in [0.05, 0.1) is 19.0 Å². The van der Waals surface area contributed by atoms with Crippen LogP contribution in [0.3, 0.4) is 0 Å². The summed E-state index contributed by atoms with van der Waals surface area (Å²) in [7, 11) is 1.37. The lowest BCUT2D eigenvalue weighted by molar-refractivity contribution is 0.312. The molecule has 11 heteroatoms. The lowest BCUT2D eigenvalue weighted by atomic mass is 9.99. The molecule has 3 aromatic rings. The van der Waals surface area contributed by atoms with Gasteiger partial charge in [-0.1, -0.05) is 6.07 Å². The smallest absolute Gasteiger partial charge is 0.229 e. The third-order valence-electron chi connectivity index (χ3n) is 5.17. The molecule has 10 nitrogen and oxygen atoms in total. The molecule has 1 aromatic carbocycles. The number of rotatable bonds is 6. The number of hydrogen-bond donors (Lipinski definition) is 2. The van der Waals surface area contributed by atoms with Crippen LogP contribution >= 0.6 is 0 Å². The summed E-state index contributed by atoms with van der Waals surface area (Å²) in [5, 5.41) is 15.8. The van der Waals surface area contributed by atoms with Crippen LogP contribution < -0.4 is 15.4 Å². The number of methoxy groups -OCH3 is 1. The van der Waals surface area contributed by atoms with Crippen molar-refractivity contribution in [1.82, 2.24) is 19.9 Å². The molecule has 0 unspecified atom stereocenters. The molecule has 34 heavy (non-hydrogen) atoms. The number of ether oxygens (including phenoxy) is 1. The molecular weight excluding hydrogens is 452 g/mol. The predicted octanol–water partition coefficient (Wildman–Crippen LogP) is 3.59. The number of nitriles is 1. The van der Waals surface area contributed by atoms with Gasteiger partial charge in [-0.15, -0.1) is 0 Å². The maximum atomic E-state index is 12.0. The molecule has 0 radical (unpaired) electrons. The Morgan fingerprint density at radius 3 is 2.76 bits per heavy atom. The average Bonchev–Trinajstić information content (AvgIpc) is 2.78. The molecule has 0 atom stereocenters. The number of likely N-dealkylation sites (N-methyl/N-ethyl adjacent to an activating group) is 1. The summed E-state index contributed by atoms with van der Waals surface area (Å²) in [6.45, 7) is 1.86. The second kappa shape index (κ2) is 9.62. The second-order valence-corrected chi connectivity index (χ2v) is 10.8. The molecule has 2 N–H and O–H groups in total. The second-order valence-electron chi connectivity index (χ2n) is 8.28. The molecule has 1 aliphatic rings. The Labute approximate surface area is 199 Å². The summed E-state index contributed by atoms with van der Waals surface area (Å²) in [5.41, 5.74) is 3.48. The van der Waals surface area contributed by atoms with Crippen molar-refractivity contribution in [3.8, 4) is 11.8 Å². The number of pyridine rings is 1. The van der Waals surface area contributed by atoms with Gasteiger partial charge in [-0.05, 0) is 48.9 Å². The number of nitrogens with zero attached hydrogens (tertiary/aromatic N) is 6. The fourth-order valence-electron chi connectivity index (χ4n) is 3.62. The van der Waals surface area contributed by atoms with Crippen molar-refractivity contribution < 1.29 is 8.95 Å². The van der Waals surface area contributed by atoms with Crippen LogP contribution in [0.25, 0.3) is 0 Å². The van der Waals surface area contributed by atoms with Crippen molar-refractivity contribution in [3.63, 3.8) is 0 Å². The minimum atomic E-state index is -2.36. The fraction of sp³-hybridized carbons (Fsp3) is 0.304. The standard InChI is InChI=1S/C23H26N8O2S/c1-31-9-8-15-11-19(33-2)18(10-16(15)14-31)26-23-25-13-17(12-24)22(29-23)28-20-6-5-7-21(27-20)30-34(3,4)32/h5-7,10-11,13H,8-9,14H2,1-4H3,(H2,25,26,27,28,29). The maximum absolute atomic E-state index is 12.0. The Morgan fingerprint density at radius 2 is 2.03 bits per heavy atom. The largest absolute Gasteiger partial charge is 0.495 e. The number of hydrogen-bond acceptors (Lipinski definition) is 10. The number of benzene rings is 1. The summed E-state index contributed by atoms with van der Waals surface area (Å²) in [6.07, 6.45) is 5.48. The SMILES string of the molecule is COc1cc2c(cc1Nc1ncc(C#N)c(Nc3cccc(N=S(C)(C)=O)n3)n1)CN(C)CC2. The van der Waals surface area contributed by atoms with Gasteiger partial charge < -0.3 is 20.3 Å². The molecular formula is C23H26N8O2S. The van der Waals surface area contributed by atoms with Crippen LogP contribution in [0.2, 0.25) is 0 Å². The monoisotopic (exact) mass is 478 g/mol. The van der Waals surface area contributed by atoms with Crippen molar-refractivity contribution in [2.24, 2.45) is 4.36 Å². The molecule has 0 fully saturated rings. The highest BCUT2D eigenvalue weighted by Gasteiger charge is 2.18. The molecule has 0 bridgehead atoms. The van der Waals surface area contributed by atoms with Crippen LogP contribution in [0, 0.1) is 11.3 Å². The molecule has 0 saturated carbocycles. The Bertz CT molecular complexity index is 1380. The van der Waals surface area contributed by atoms with Gasteiger partial charge in [0, 0.05) is 35.3 Å². The van der Waals surface area contributed by atoms with Gasteiger partial charge in [-0.2, -0.15) is 14.6 Å². The Balaban J connectivity index is 1.64. The molecule has 176 valence electrons. The Kier molecular flexibility index (Phi) is 6.63. The molecule has 4 rings (SSSR count). The van der Waals surface area contributed by atoms with E-state index in [1.54, 1.807) is 25.3 Å². The molecule has 0 spiro atoms. The van der Waals surface area contributed by atoms with Crippen molar-refractivity contribution in [1.29, 1.82) is 5.26 Å². The summed E-state index contributed by atoms with van der Waals surface area (Å²) < 4.78 is 21.7. The van der Waals surface area contributed by atoms with Gasteiger partial charge in [-0.25, -0.2) is 14.2 Å². The van der Waals surface area contributed by atoms with Crippen LogP contribution in [0.1, 0.15) is 16.7 Å². The zero-order chi connectivity index (χ0) is 24.3. The van der Waals surface area contributed by atoms with Crippen LogP contribution in [-0.2, 0) is 22.7 Å². The van der Waals surface area contributed by atoms with E-state index in [2.05, 4.69) is 54.0 Å². The van der Waals surface area contributed by atoms with Crippen LogP contribution in [0.15, 0.2) is 40.9 Å². The highest BCUT2D eigenvalue weighted by molar-refractivity contribution is 7.92. The summed E-state index contributed by atoms with van der Waals surface area (Å²) >= 11 is 0. The summed E-state index contributed by atoms with van der Waals surface area (Å²) in [5.74, 6) is 2.03. The first-order chi connectivity index (χ1) is 16.2.